The Balaban J connectivity index is 2.04. The van der Waals surface area contributed by atoms with E-state index < -0.39 is 6.09 Å². The molecule has 5 nitrogen and oxygen atoms in total. The molecule has 0 radical (unpaired) electrons. The fraction of sp³-hybridized carbons (Fsp3) is 0.182. The van der Waals surface area contributed by atoms with Crippen LogP contribution in [0.2, 0.25) is 0 Å². The number of nitrogens with one attached hydrogen (secondary N) is 1. The molecule has 17 heavy (non-hydrogen) atoms. The zero-order valence-corrected chi connectivity index (χ0v) is 10.0. The third kappa shape index (κ3) is 3.01. The van der Waals surface area contributed by atoms with Crippen molar-refractivity contribution in [3.63, 3.8) is 0 Å². The Morgan fingerprint density at radius 2 is 2.24 bits per heavy atom. The summed E-state index contributed by atoms with van der Waals surface area (Å²) in [6, 6.07) is 3.79. The smallest absolute Gasteiger partial charge is 0.407 e. The van der Waals surface area contributed by atoms with Crippen LogP contribution in [0, 0.1) is 0 Å². The number of alkyl carbamates (subject to hydrolysis) is 1. The second-order valence-corrected chi connectivity index (χ2v) is 4.15. The first-order chi connectivity index (χ1) is 8.29. The van der Waals surface area contributed by atoms with Gasteiger partial charge in [0, 0.05) is 23.3 Å². The molecule has 0 saturated carbocycles. The number of hydrogen-bond acceptors (Lipinski definition) is 5. The van der Waals surface area contributed by atoms with Crippen LogP contribution in [0.4, 0.5) is 4.79 Å². The van der Waals surface area contributed by atoms with Gasteiger partial charge in [0.25, 0.3) is 0 Å². The summed E-state index contributed by atoms with van der Waals surface area (Å²) in [7, 11) is 1.33. The number of thiazole rings is 1. The summed E-state index contributed by atoms with van der Waals surface area (Å²) in [6.07, 6.45) is 2.99. The second kappa shape index (κ2) is 5.40. The Morgan fingerprint density at radius 1 is 1.47 bits per heavy atom. The number of carbonyl (C=O) groups excluding carboxylic acids is 1. The highest BCUT2D eigenvalue weighted by Gasteiger charge is 2.05. The lowest BCUT2D eigenvalue weighted by Gasteiger charge is -1.99. The Hall–Kier alpha value is -1.95. The molecule has 0 spiro atoms. The number of methoxy groups -OCH3 is 1. The van der Waals surface area contributed by atoms with Crippen LogP contribution in [0.25, 0.3) is 11.3 Å². The van der Waals surface area contributed by atoms with Crippen LogP contribution < -0.4 is 5.32 Å². The summed E-state index contributed by atoms with van der Waals surface area (Å²) in [5.74, 6) is 0. The summed E-state index contributed by atoms with van der Waals surface area (Å²) in [4.78, 5) is 19.3. The molecular formula is C11H11N3O2S. The monoisotopic (exact) mass is 249 g/mol. The van der Waals surface area contributed by atoms with E-state index in [0.29, 0.717) is 6.54 Å². The van der Waals surface area contributed by atoms with Crippen LogP contribution in [0.3, 0.4) is 0 Å². The standard InChI is InChI=1S/C11H11N3O2S/c1-16-11(15)13-6-10-14-9(7-17-10)8-2-4-12-5-3-8/h2-5,7H,6H2,1H3,(H,13,15). The number of hydrogen-bond donors (Lipinski definition) is 1. The first-order valence-electron chi connectivity index (χ1n) is 4.96. The van der Waals surface area contributed by atoms with Crippen LogP contribution >= 0.6 is 11.3 Å². The predicted molar refractivity (Wildman–Crippen MR) is 64.6 cm³/mol. The maximum atomic E-state index is 10.9. The van der Waals surface area contributed by atoms with Gasteiger partial charge in [-0.15, -0.1) is 11.3 Å². The number of pyridine rings is 1. The van der Waals surface area contributed by atoms with Crippen molar-refractivity contribution in [2.45, 2.75) is 6.54 Å². The van der Waals surface area contributed by atoms with Gasteiger partial charge in [-0.3, -0.25) is 4.98 Å². The minimum atomic E-state index is -0.453. The molecule has 0 bridgehead atoms. The number of amides is 1. The molecule has 0 unspecified atom stereocenters. The summed E-state index contributed by atoms with van der Waals surface area (Å²) in [5.41, 5.74) is 1.90. The molecule has 2 heterocycles. The van der Waals surface area contributed by atoms with Gasteiger partial charge in [-0.1, -0.05) is 0 Å². The summed E-state index contributed by atoms with van der Waals surface area (Å²) in [5, 5.41) is 5.37. The minimum absolute atomic E-state index is 0.377. The summed E-state index contributed by atoms with van der Waals surface area (Å²) >= 11 is 1.50. The van der Waals surface area contributed by atoms with Gasteiger partial charge in [0.1, 0.15) is 5.01 Å². The van der Waals surface area contributed by atoms with E-state index in [4.69, 9.17) is 0 Å². The number of carbonyl (C=O) groups is 1. The summed E-state index contributed by atoms with van der Waals surface area (Å²) in [6.45, 7) is 0.377. The normalized spacial score (nSPS) is 9.94. The van der Waals surface area contributed by atoms with Gasteiger partial charge in [0.15, 0.2) is 0 Å². The number of ether oxygens (including phenoxy) is 1. The maximum absolute atomic E-state index is 10.9. The lowest BCUT2D eigenvalue weighted by molar-refractivity contribution is 0.170. The largest absolute Gasteiger partial charge is 0.453 e. The van der Waals surface area contributed by atoms with Gasteiger partial charge >= 0.3 is 6.09 Å². The zero-order chi connectivity index (χ0) is 12.1. The Kier molecular flexibility index (Phi) is 3.66. The van der Waals surface area contributed by atoms with Gasteiger partial charge in [-0.2, -0.15) is 0 Å². The van der Waals surface area contributed by atoms with Gasteiger partial charge in [-0.25, -0.2) is 9.78 Å². The molecular weight excluding hydrogens is 238 g/mol. The second-order valence-electron chi connectivity index (χ2n) is 3.21. The molecule has 0 atom stereocenters. The molecule has 0 aliphatic rings. The van der Waals surface area contributed by atoms with E-state index in [-0.39, 0.29) is 0 Å². The number of nitrogens with zero attached hydrogens (tertiary/aromatic N) is 2. The molecule has 2 rings (SSSR count). The molecule has 0 saturated heterocycles. The summed E-state index contributed by atoms with van der Waals surface area (Å²) < 4.78 is 4.48. The lowest BCUT2D eigenvalue weighted by atomic mass is 10.2. The topological polar surface area (TPSA) is 64.1 Å². The van der Waals surface area contributed by atoms with E-state index in [9.17, 15) is 4.79 Å². The first-order valence-corrected chi connectivity index (χ1v) is 5.84. The first kappa shape index (κ1) is 11.5. The molecule has 0 aliphatic heterocycles. The van der Waals surface area contributed by atoms with Crippen LogP contribution in [0.5, 0.6) is 0 Å². The maximum Gasteiger partial charge on any atom is 0.407 e. The third-order valence-corrected chi connectivity index (χ3v) is 2.95. The van der Waals surface area contributed by atoms with Crippen molar-refractivity contribution in [2.75, 3.05) is 7.11 Å². The van der Waals surface area contributed by atoms with Gasteiger partial charge < -0.3 is 10.1 Å². The lowest BCUT2D eigenvalue weighted by Crippen LogP contribution is -2.22. The van der Waals surface area contributed by atoms with Gasteiger partial charge in [-0.05, 0) is 12.1 Å². The van der Waals surface area contributed by atoms with Crippen molar-refractivity contribution in [1.82, 2.24) is 15.3 Å². The van der Waals surface area contributed by atoms with Gasteiger partial charge in [0.2, 0.25) is 0 Å². The number of aromatic nitrogens is 2. The molecule has 88 valence electrons. The van der Waals surface area contributed by atoms with Crippen molar-refractivity contribution < 1.29 is 9.53 Å². The van der Waals surface area contributed by atoms with E-state index in [1.807, 2.05) is 17.5 Å². The minimum Gasteiger partial charge on any atom is -0.453 e. The van der Waals surface area contributed by atoms with E-state index >= 15 is 0 Å². The predicted octanol–water partition coefficient (Wildman–Crippen LogP) is 2.06. The van der Waals surface area contributed by atoms with E-state index in [1.165, 1.54) is 18.4 Å². The Bertz CT molecular complexity index is 498. The molecule has 2 aromatic heterocycles. The van der Waals surface area contributed by atoms with Crippen molar-refractivity contribution >= 4 is 17.4 Å². The van der Waals surface area contributed by atoms with Crippen molar-refractivity contribution in [3.05, 3.63) is 34.9 Å². The quantitative estimate of drug-likeness (QED) is 0.904. The van der Waals surface area contributed by atoms with Gasteiger partial charge in [0.05, 0.1) is 19.3 Å². The van der Waals surface area contributed by atoms with Crippen molar-refractivity contribution in [1.29, 1.82) is 0 Å². The fourth-order valence-corrected chi connectivity index (χ4v) is 2.01. The van der Waals surface area contributed by atoms with Crippen LogP contribution in [-0.4, -0.2) is 23.2 Å². The van der Waals surface area contributed by atoms with E-state index in [2.05, 4.69) is 20.0 Å². The molecule has 0 aromatic carbocycles. The third-order valence-electron chi connectivity index (χ3n) is 2.10. The Labute approximate surface area is 102 Å². The van der Waals surface area contributed by atoms with Crippen molar-refractivity contribution in [2.24, 2.45) is 0 Å². The van der Waals surface area contributed by atoms with Crippen LogP contribution in [0.1, 0.15) is 5.01 Å². The van der Waals surface area contributed by atoms with Crippen molar-refractivity contribution in [3.8, 4) is 11.3 Å². The van der Waals surface area contributed by atoms with Crippen LogP contribution in [0.15, 0.2) is 29.9 Å². The average Bonchev–Trinajstić information content (AvgIpc) is 2.86. The highest BCUT2D eigenvalue weighted by Crippen LogP contribution is 2.20. The molecule has 1 N–H and O–H groups in total. The SMILES string of the molecule is COC(=O)NCc1nc(-c2ccncc2)cs1. The highest BCUT2D eigenvalue weighted by molar-refractivity contribution is 7.09. The van der Waals surface area contributed by atoms with E-state index in [1.54, 1.807) is 12.4 Å². The van der Waals surface area contributed by atoms with E-state index in [0.717, 1.165) is 16.3 Å². The molecule has 2 aromatic rings. The fourth-order valence-electron chi connectivity index (χ4n) is 1.27. The molecule has 0 fully saturated rings. The number of rotatable bonds is 3. The Morgan fingerprint density at radius 3 is 2.94 bits per heavy atom. The molecule has 0 aliphatic carbocycles. The highest BCUT2D eigenvalue weighted by atomic mass is 32.1. The van der Waals surface area contributed by atoms with Crippen LogP contribution in [-0.2, 0) is 11.3 Å². The molecule has 6 heteroatoms. The zero-order valence-electron chi connectivity index (χ0n) is 9.21. The molecule has 1 amide bonds. The average molecular weight is 249 g/mol.